The van der Waals surface area contributed by atoms with Crippen molar-refractivity contribution in [2.45, 2.75) is 26.2 Å². The molecule has 1 rings (SSSR count). The minimum Gasteiger partial charge on any atom is -0.495 e. The largest absolute Gasteiger partial charge is 0.495 e. The highest BCUT2D eigenvalue weighted by Crippen LogP contribution is 2.33. The molecule has 0 aliphatic rings. The Balaban J connectivity index is 3.21. The van der Waals surface area contributed by atoms with Crippen molar-refractivity contribution in [2.24, 2.45) is 0 Å². The summed E-state index contributed by atoms with van der Waals surface area (Å²) in [4.78, 5) is 2.07. The van der Waals surface area contributed by atoms with Crippen LogP contribution in [-0.4, -0.2) is 20.0 Å². The van der Waals surface area contributed by atoms with Crippen LogP contribution in [0.4, 0.5) is 5.69 Å². The fraction of sp³-hybridized carbons (Fsp3) is 0.538. The smallest absolute Gasteiger partial charge is 0.142 e. The molecule has 0 N–H and O–H groups in total. The van der Waals surface area contributed by atoms with Crippen LogP contribution in [-0.2, 0) is 5.41 Å². The molecular formula is C13H21NOS. The first-order chi connectivity index (χ1) is 7.40. The normalized spacial score (nSPS) is 11.4. The maximum atomic E-state index is 5.36. The van der Waals surface area contributed by atoms with Crippen molar-refractivity contribution in [1.29, 1.82) is 0 Å². The van der Waals surface area contributed by atoms with Gasteiger partial charge in [-0.05, 0) is 23.1 Å². The van der Waals surface area contributed by atoms with E-state index >= 15 is 0 Å². The number of anilines is 1. The number of methoxy groups -OCH3 is 1. The van der Waals surface area contributed by atoms with Gasteiger partial charge in [-0.15, -0.1) is 0 Å². The Morgan fingerprint density at radius 2 is 1.94 bits per heavy atom. The van der Waals surface area contributed by atoms with E-state index in [9.17, 15) is 0 Å². The second kappa shape index (κ2) is 5.00. The van der Waals surface area contributed by atoms with E-state index in [1.54, 1.807) is 7.11 Å². The lowest BCUT2D eigenvalue weighted by Crippen LogP contribution is -2.17. The molecular weight excluding hydrogens is 218 g/mol. The SMILES string of the molecule is COc1ccc(C(C)(C)C)cc1N(C)CS. The lowest BCUT2D eigenvalue weighted by Gasteiger charge is -2.24. The van der Waals surface area contributed by atoms with E-state index in [1.165, 1.54) is 5.56 Å². The minimum absolute atomic E-state index is 0.151. The summed E-state index contributed by atoms with van der Waals surface area (Å²) < 4.78 is 5.36. The van der Waals surface area contributed by atoms with E-state index < -0.39 is 0 Å². The molecule has 0 aromatic heterocycles. The van der Waals surface area contributed by atoms with E-state index in [-0.39, 0.29) is 5.41 Å². The molecule has 0 spiro atoms. The Hall–Kier alpha value is -0.830. The molecule has 0 aliphatic carbocycles. The van der Waals surface area contributed by atoms with Gasteiger partial charge in [-0.1, -0.05) is 26.8 Å². The van der Waals surface area contributed by atoms with Crippen LogP contribution < -0.4 is 9.64 Å². The van der Waals surface area contributed by atoms with Crippen LogP contribution in [0.25, 0.3) is 0 Å². The standard InChI is InChI=1S/C13H21NOS/c1-13(2,3)10-6-7-12(15-5)11(8-10)14(4)9-16/h6-8,16H,9H2,1-5H3. The molecule has 2 nitrogen and oxygen atoms in total. The Morgan fingerprint density at radius 3 is 2.38 bits per heavy atom. The number of ether oxygens (including phenoxy) is 1. The second-order valence-corrected chi connectivity index (χ2v) is 5.26. The van der Waals surface area contributed by atoms with Crippen molar-refractivity contribution < 1.29 is 4.74 Å². The molecule has 0 atom stereocenters. The highest BCUT2D eigenvalue weighted by Gasteiger charge is 2.17. The molecule has 1 aromatic carbocycles. The number of rotatable bonds is 3. The van der Waals surface area contributed by atoms with Gasteiger partial charge >= 0.3 is 0 Å². The molecule has 90 valence electrons. The Morgan fingerprint density at radius 1 is 1.31 bits per heavy atom. The first kappa shape index (κ1) is 13.2. The van der Waals surface area contributed by atoms with Gasteiger partial charge in [0.2, 0.25) is 0 Å². The number of hydrogen-bond acceptors (Lipinski definition) is 3. The number of nitrogens with zero attached hydrogens (tertiary/aromatic N) is 1. The van der Waals surface area contributed by atoms with E-state index in [0.717, 1.165) is 11.4 Å². The molecule has 0 saturated heterocycles. The van der Waals surface area contributed by atoms with Crippen LogP contribution in [0.3, 0.4) is 0 Å². The van der Waals surface area contributed by atoms with Crippen molar-refractivity contribution in [3.05, 3.63) is 23.8 Å². The van der Waals surface area contributed by atoms with Crippen LogP contribution in [0, 0.1) is 0 Å². The predicted molar refractivity (Wildman–Crippen MR) is 74.0 cm³/mol. The van der Waals surface area contributed by atoms with Crippen molar-refractivity contribution >= 4 is 18.3 Å². The molecule has 3 heteroatoms. The zero-order valence-corrected chi connectivity index (χ0v) is 11.6. The third-order valence-corrected chi connectivity index (χ3v) is 3.09. The Kier molecular flexibility index (Phi) is 4.14. The molecule has 0 aliphatic heterocycles. The predicted octanol–water partition coefficient (Wildman–Crippen LogP) is 3.32. The first-order valence-electron chi connectivity index (χ1n) is 5.40. The van der Waals surface area contributed by atoms with Crippen LogP contribution in [0.15, 0.2) is 18.2 Å². The average molecular weight is 239 g/mol. The van der Waals surface area contributed by atoms with Crippen LogP contribution in [0.2, 0.25) is 0 Å². The molecule has 0 fully saturated rings. The van der Waals surface area contributed by atoms with Crippen molar-refractivity contribution in [1.82, 2.24) is 0 Å². The number of hydrogen-bond donors (Lipinski definition) is 1. The zero-order valence-electron chi connectivity index (χ0n) is 10.7. The highest BCUT2D eigenvalue weighted by atomic mass is 32.1. The highest BCUT2D eigenvalue weighted by molar-refractivity contribution is 7.80. The fourth-order valence-corrected chi connectivity index (χ4v) is 1.68. The zero-order chi connectivity index (χ0) is 12.3. The number of benzene rings is 1. The number of thiol groups is 1. The lowest BCUT2D eigenvalue weighted by molar-refractivity contribution is 0.414. The second-order valence-electron chi connectivity index (χ2n) is 4.98. The summed E-state index contributed by atoms with van der Waals surface area (Å²) in [7, 11) is 3.71. The molecule has 0 saturated carbocycles. The molecule has 0 heterocycles. The molecule has 16 heavy (non-hydrogen) atoms. The van der Waals surface area contributed by atoms with E-state index in [2.05, 4.69) is 50.4 Å². The molecule has 1 aromatic rings. The van der Waals surface area contributed by atoms with Gasteiger partial charge in [0.15, 0.2) is 0 Å². The third kappa shape index (κ3) is 2.85. The van der Waals surface area contributed by atoms with Crippen LogP contribution >= 0.6 is 12.6 Å². The third-order valence-electron chi connectivity index (χ3n) is 2.67. The molecule has 0 radical (unpaired) electrons. The van der Waals surface area contributed by atoms with E-state index in [1.807, 2.05) is 13.1 Å². The van der Waals surface area contributed by atoms with E-state index in [4.69, 9.17) is 4.74 Å². The summed E-state index contributed by atoms with van der Waals surface area (Å²) in [6.07, 6.45) is 0. The monoisotopic (exact) mass is 239 g/mol. The summed E-state index contributed by atoms with van der Waals surface area (Å²) in [6, 6.07) is 6.32. The van der Waals surface area contributed by atoms with Gasteiger partial charge in [-0.3, -0.25) is 0 Å². The van der Waals surface area contributed by atoms with Gasteiger partial charge in [0.25, 0.3) is 0 Å². The topological polar surface area (TPSA) is 12.5 Å². The van der Waals surface area contributed by atoms with Gasteiger partial charge in [0.05, 0.1) is 18.7 Å². The summed E-state index contributed by atoms with van der Waals surface area (Å²) >= 11 is 4.29. The van der Waals surface area contributed by atoms with Gasteiger partial charge < -0.3 is 9.64 Å². The summed E-state index contributed by atoms with van der Waals surface area (Å²) in [5.41, 5.74) is 2.54. The quantitative estimate of drug-likeness (QED) is 0.642. The van der Waals surface area contributed by atoms with Crippen molar-refractivity contribution in [3.8, 4) is 5.75 Å². The van der Waals surface area contributed by atoms with Gasteiger partial charge in [0.1, 0.15) is 5.75 Å². The van der Waals surface area contributed by atoms with E-state index in [0.29, 0.717) is 5.88 Å². The van der Waals surface area contributed by atoms with Gasteiger partial charge in [-0.25, -0.2) is 0 Å². The van der Waals surface area contributed by atoms with Crippen LogP contribution in [0.5, 0.6) is 5.75 Å². The summed E-state index contributed by atoms with van der Waals surface area (Å²) in [5, 5.41) is 0. The fourth-order valence-electron chi connectivity index (χ4n) is 1.53. The van der Waals surface area contributed by atoms with Crippen molar-refractivity contribution in [2.75, 3.05) is 24.9 Å². The summed E-state index contributed by atoms with van der Waals surface area (Å²) in [6.45, 7) is 6.62. The van der Waals surface area contributed by atoms with Gasteiger partial charge in [-0.2, -0.15) is 12.6 Å². The summed E-state index contributed by atoms with van der Waals surface area (Å²) in [5.74, 6) is 1.56. The van der Waals surface area contributed by atoms with Gasteiger partial charge in [0, 0.05) is 7.05 Å². The molecule has 0 unspecified atom stereocenters. The maximum absolute atomic E-state index is 5.36. The molecule has 0 amide bonds. The first-order valence-corrected chi connectivity index (χ1v) is 6.04. The lowest BCUT2D eigenvalue weighted by atomic mass is 9.86. The Labute approximate surface area is 104 Å². The average Bonchev–Trinajstić information content (AvgIpc) is 2.25. The minimum atomic E-state index is 0.151. The van der Waals surface area contributed by atoms with Crippen LogP contribution in [0.1, 0.15) is 26.3 Å². The molecule has 0 bridgehead atoms. The van der Waals surface area contributed by atoms with Crippen molar-refractivity contribution in [3.63, 3.8) is 0 Å². The maximum Gasteiger partial charge on any atom is 0.142 e. The Bertz CT molecular complexity index is 357.